The van der Waals surface area contributed by atoms with Gasteiger partial charge in [-0.3, -0.25) is 9.52 Å². The summed E-state index contributed by atoms with van der Waals surface area (Å²) in [7, 11) is -2.06. The number of hydrogen-bond donors (Lipinski definition) is 2. The van der Waals surface area contributed by atoms with Crippen LogP contribution in [-0.4, -0.2) is 37.0 Å². The molecule has 1 amide bonds. The highest BCUT2D eigenvalue weighted by Crippen LogP contribution is 2.30. The van der Waals surface area contributed by atoms with Gasteiger partial charge in [0, 0.05) is 18.0 Å². The van der Waals surface area contributed by atoms with Crippen molar-refractivity contribution in [1.82, 2.24) is 9.78 Å². The van der Waals surface area contributed by atoms with Gasteiger partial charge >= 0.3 is 0 Å². The first-order valence-electron chi connectivity index (χ1n) is 10.5. The topological polar surface area (TPSA) is 115 Å². The number of nitrogens with one attached hydrogen (secondary N) is 2. The molecule has 2 heterocycles. The molecule has 0 spiro atoms. The van der Waals surface area contributed by atoms with Crippen LogP contribution in [0, 0.1) is 6.92 Å². The van der Waals surface area contributed by atoms with E-state index in [0.29, 0.717) is 28.5 Å². The van der Waals surface area contributed by atoms with Gasteiger partial charge in [0.05, 0.1) is 29.8 Å². The third-order valence-electron chi connectivity index (χ3n) is 5.06. The lowest BCUT2D eigenvalue weighted by atomic mass is 10.2. The minimum Gasteiger partial charge on any atom is -0.494 e. The molecule has 0 aliphatic carbocycles. The number of furan rings is 1. The molecule has 2 aromatic heterocycles. The van der Waals surface area contributed by atoms with E-state index in [1.165, 1.54) is 20.1 Å². The van der Waals surface area contributed by atoms with Gasteiger partial charge in [-0.1, -0.05) is 18.2 Å². The first kappa shape index (κ1) is 23.1. The smallest absolute Gasteiger partial charge is 0.259 e. The summed E-state index contributed by atoms with van der Waals surface area (Å²) in [5.74, 6) is 0.964. The summed E-state index contributed by atoms with van der Waals surface area (Å²) >= 11 is 0. The number of benzene rings is 2. The van der Waals surface area contributed by atoms with E-state index in [1.807, 2.05) is 37.3 Å². The number of aromatic nitrogens is 2. The number of methoxy groups -OCH3 is 1. The highest BCUT2D eigenvalue weighted by molar-refractivity contribution is 7.92. The lowest BCUT2D eigenvalue weighted by molar-refractivity contribution is 0.102. The Hall–Kier alpha value is -4.05. The molecule has 2 N–H and O–H groups in total. The molecule has 4 aromatic rings. The number of carbonyl (C=O) groups excluding carboxylic acids is 1. The summed E-state index contributed by atoms with van der Waals surface area (Å²) in [5.41, 5.74) is 2.21. The second-order valence-corrected chi connectivity index (χ2v) is 9.47. The Kier molecular flexibility index (Phi) is 6.42. The fraction of sp³-hybridized carbons (Fsp3) is 0.167. The van der Waals surface area contributed by atoms with Crippen LogP contribution < -0.4 is 14.8 Å². The van der Waals surface area contributed by atoms with Crippen molar-refractivity contribution in [1.29, 1.82) is 0 Å². The molecule has 2 aromatic carbocycles. The average molecular weight is 481 g/mol. The van der Waals surface area contributed by atoms with E-state index in [2.05, 4.69) is 15.1 Å². The summed E-state index contributed by atoms with van der Waals surface area (Å²) in [6, 6.07) is 17.7. The maximum Gasteiger partial charge on any atom is 0.259 e. The van der Waals surface area contributed by atoms with E-state index < -0.39 is 15.9 Å². The number of rotatable bonds is 8. The van der Waals surface area contributed by atoms with Crippen molar-refractivity contribution >= 4 is 27.3 Å². The molecule has 10 heteroatoms. The van der Waals surface area contributed by atoms with Gasteiger partial charge in [0.1, 0.15) is 17.2 Å². The highest BCUT2D eigenvalue weighted by Gasteiger charge is 2.22. The van der Waals surface area contributed by atoms with Crippen molar-refractivity contribution in [3.8, 4) is 22.9 Å². The Labute approximate surface area is 197 Å². The second kappa shape index (κ2) is 9.44. The summed E-state index contributed by atoms with van der Waals surface area (Å²) in [6.45, 7) is 3.36. The van der Waals surface area contributed by atoms with Crippen LogP contribution in [0.15, 0.2) is 71.3 Å². The zero-order valence-electron chi connectivity index (χ0n) is 18.9. The molecule has 0 aliphatic heterocycles. The minimum absolute atomic E-state index is 0.0743. The number of hydrogen-bond acceptors (Lipinski definition) is 6. The number of amides is 1. The molecule has 0 radical (unpaired) electrons. The van der Waals surface area contributed by atoms with Gasteiger partial charge in [-0.05, 0) is 50.2 Å². The van der Waals surface area contributed by atoms with E-state index >= 15 is 0 Å². The summed E-state index contributed by atoms with van der Waals surface area (Å²) in [4.78, 5) is 13.3. The van der Waals surface area contributed by atoms with Crippen molar-refractivity contribution in [3.05, 3.63) is 78.2 Å². The Morgan fingerprint density at radius 3 is 2.53 bits per heavy atom. The molecule has 34 heavy (non-hydrogen) atoms. The van der Waals surface area contributed by atoms with E-state index in [-0.39, 0.29) is 17.2 Å². The number of aryl methyl sites for hydroxylation is 1. The molecule has 4 rings (SSSR count). The quantitative estimate of drug-likeness (QED) is 0.385. The van der Waals surface area contributed by atoms with Crippen molar-refractivity contribution in [3.63, 3.8) is 0 Å². The van der Waals surface area contributed by atoms with Crippen molar-refractivity contribution in [2.75, 3.05) is 22.9 Å². The SMILES string of the molecule is CCS(=O)(=O)Nc1ccc(NC(=O)c2cn(-c3ccccc3)nc2-c2ccc(C)o2)cc1OC. The van der Waals surface area contributed by atoms with E-state index in [1.54, 1.807) is 35.1 Å². The second-order valence-electron chi connectivity index (χ2n) is 7.46. The predicted molar refractivity (Wildman–Crippen MR) is 130 cm³/mol. The van der Waals surface area contributed by atoms with Gasteiger partial charge in [-0.2, -0.15) is 5.10 Å². The Balaban J connectivity index is 1.67. The lowest BCUT2D eigenvalue weighted by Crippen LogP contribution is -2.16. The first-order chi connectivity index (χ1) is 16.3. The minimum atomic E-state index is -3.48. The van der Waals surface area contributed by atoms with E-state index in [0.717, 1.165) is 5.69 Å². The number of sulfonamides is 1. The first-order valence-corrected chi connectivity index (χ1v) is 12.2. The van der Waals surface area contributed by atoms with E-state index in [4.69, 9.17) is 9.15 Å². The van der Waals surface area contributed by atoms with Crippen LogP contribution in [0.25, 0.3) is 17.1 Å². The van der Waals surface area contributed by atoms with Gasteiger partial charge in [0.2, 0.25) is 10.0 Å². The maximum atomic E-state index is 13.3. The van der Waals surface area contributed by atoms with Crippen LogP contribution in [0.2, 0.25) is 0 Å². The molecular weight excluding hydrogens is 456 g/mol. The van der Waals surface area contributed by atoms with Crippen LogP contribution in [0.4, 0.5) is 11.4 Å². The number of para-hydroxylation sites is 1. The molecule has 0 bridgehead atoms. The third kappa shape index (κ3) is 4.96. The Morgan fingerprint density at radius 2 is 1.88 bits per heavy atom. The summed E-state index contributed by atoms with van der Waals surface area (Å²) < 4.78 is 39.0. The maximum absolute atomic E-state index is 13.3. The van der Waals surface area contributed by atoms with Crippen LogP contribution in [0.3, 0.4) is 0 Å². The normalized spacial score (nSPS) is 11.3. The fourth-order valence-corrected chi connectivity index (χ4v) is 3.94. The van der Waals surface area contributed by atoms with Gasteiger partial charge in [0.25, 0.3) is 5.91 Å². The van der Waals surface area contributed by atoms with Gasteiger partial charge in [-0.25, -0.2) is 13.1 Å². The van der Waals surface area contributed by atoms with Crippen molar-refractivity contribution < 1.29 is 22.4 Å². The lowest BCUT2D eigenvalue weighted by Gasteiger charge is -2.13. The molecule has 9 nitrogen and oxygen atoms in total. The Morgan fingerprint density at radius 1 is 1.12 bits per heavy atom. The van der Waals surface area contributed by atoms with Crippen molar-refractivity contribution in [2.24, 2.45) is 0 Å². The molecule has 0 atom stereocenters. The predicted octanol–water partition coefficient (Wildman–Crippen LogP) is 4.46. The van der Waals surface area contributed by atoms with Crippen LogP contribution in [0.1, 0.15) is 23.0 Å². The highest BCUT2D eigenvalue weighted by atomic mass is 32.2. The zero-order chi connectivity index (χ0) is 24.3. The number of ether oxygens (including phenoxy) is 1. The number of carbonyl (C=O) groups is 1. The van der Waals surface area contributed by atoms with Gasteiger partial charge in [-0.15, -0.1) is 0 Å². The van der Waals surface area contributed by atoms with Gasteiger partial charge in [0.15, 0.2) is 5.76 Å². The number of nitrogens with zero attached hydrogens (tertiary/aromatic N) is 2. The average Bonchev–Trinajstić information content (AvgIpc) is 3.47. The monoisotopic (exact) mass is 480 g/mol. The van der Waals surface area contributed by atoms with Crippen molar-refractivity contribution in [2.45, 2.75) is 13.8 Å². The molecule has 176 valence electrons. The number of anilines is 2. The third-order valence-corrected chi connectivity index (χ3v) is 6.35. The molecule has 0 saturated heterocycles. The van der Waals surface area contributed by atoms with Crippen LogP contribution in [-0.2, 0) is 10.0 Å². The molecule has 0 fully saturated rings. The molecule has 0 saturated carbocycles. The Bertz CT molecular complexity index is 1420. The molecule has 0 unspecified atom stereocenters. The van der Waals surface area contributed by atoms with Crippen LogP contribution >= 0.6 is 0 Å². The molecular formula is C24H24N4O5S. The largest absolute Gasteiger partial charge is 0.494 e. The molecule has 0 aliphatic rings. The zero-order valence-corrected chi connectivity index (χ0v) is 19.7. The summed E-state index contributed by atoms with van der Waals surface area (Å²) in [5, 5.41) is 7.41. The summed E-state index contributed by atoms with van der Waals surface area (Å²) in [6.07, 6.45) is 1.64. The standard InChI is InChI=1S/C24H24N4O5S/c1-4-34(30,31)27-20-12-11-17(14-22(20)32-3)25-24(29)19-15-28(18-8-6-5-7-9-18)26-23(19)21-13-10-16(2)33-21/h5-15,27H,4H2,1-3H3,(H,25,29). The van der Waals surface area contributed by atoms with Crippen LogP contribution in [0.5, 0.6) is 5.75 Å². The van der Waals surface area contributed by atoms with E-state index in [9.17, 15) is 13.2 Å². The van der Waals surface area contributed by atoms with Gasteiger partial charge < -0.3 is 14.5 Å². The fourth-order valence-electron chi connectivity index (χ4n) is 3.29.